The third kappa shape index (κ3) is 2.77. The number of rotatable bonds is 3. The van der Waals surface area contributed by atoms with E-state index in [1.807, 2.05) is 13.0 Å². The molecule has 1 aliphatic rings. The highest BCUT2D eigenvalue weighted by atomic mass is 16.5. The first-order valence-corrected chi connectivity index (χ1v) is 8.34. The number of pyridine rings is 2. The van der Waals surface area contributed by atoms with E-state index < -0.39 is 5.92 Å². The van der Waals surface area contributed by atoms with Crippen LogP contribution in [0, 0.1) is 18.3 Å². The Morgan fingerprint density at radius 1 is 1.37 bits per heavy atom. The molecule has 1 aliphatic heterocycles. The molecule has 0 spiro atoms. The maximum Gasteiger partial charge on any atom is 0.259 e. The molecule has 0 aromatic carbocycles. The van der Waals surface area contributed by atoms with Gasteiger partial charge in [-0.15, -0.1) is 0 Å². The van der Waals surface area contributed by atoms with Crippen LogP contribution in [0.25, 0.3) is 0 Å². The highest BCUT2D eigenvalue weighted by molar-refractivity contribution is 5.54. The minimum Gasteiger partial charge on any atom is -0.467 e. The molecular weight excluding hydrogens is 344 g/mol. The normalized spacial score (nSPS) is 15.8. The van der Waals surface area contributed by atoms with Crippen LogP contribution < -0.4 is 16.0 Å². The molecule has 0 saturated carbocycles. The van der Waals surface area contributed by atoms with Gasteiger partial charge in [0.2, 0.25) is 5.88 Å². The molecular formula is C20H16N4O3. The Morgan fingerprint density at radius 2 is 2.22 bits per heavy atom. The van der Waals surface area contributed by atoms with Crippen molar-refractivity contribution in [2.45, 2.75) is 19.4 Å². The van der Waals surface area contributed by atoms with Crippen molar-refractivity contribution in [2.75, 3.05) is 0 Å². The van der Waals surface area contributed by atoms with Crippen LogP contribution in [0.1, 0.15) is 28.5 Å². The average molecular weight is 360 g/mol. The van der Waals surface area contributed by atoms with E-state index in [0.717, 1.165) is 0 Å². The number of nitrogens with zero attached hydrogens (tertiary/aromatic N) is 3. The van der Waals surface area contributed by atoms with Crippen molar-refractivity contribution < 1.29 is 9.15 Å². The molecule has 0 bridgehead atoms. The van der Waals surface area contributed by atoms with Gasteiger partial charge in [-0.3, -0.25) is 9.78 Å². The first kappa shape index (κ1) is 16.7. The Bertz CT molecular complexity index is 1120. The molecule has 7 nitrogen and oxygen atoms in total. The van der Waals surface area contributed by atoms with Crippen molar-refractivity contribution in [3.63, 3.8) is 0 Å². The first-order valence-electron chi connectivity index (χ1n) is 8.34. The minimum atomic E-state index is -0.636. The molecule has 0 saturated heterocycles. The van der Waals surface area contributed by atoms with Crippen LogP contribution in [0.3, 0.4) is 0 Å². The van der Waals surface area contributed by atoms with Gasteiger partial charge in [0, 0.05) is 24.2 Å². The number of allylic oxidation sites excluding steroid dienone is 1. The van der Waals surface area contributed by atoms with Crippen molar-refractivity contribution in [1.29, 1.82) is 5.26 Å². The van der Waals surface area contributed by atoms with E-state index in [0.29, 0.717) is 28.3 Å². The van der Waals surface area contributed by atoms with Crippen LogP contribution in [-0.2, 0) is 6.54 Å². The second kappa shape index (κ2) is 6.50. The summed E-state index contributed by atoms with van der Waals surface area (Å²) in [6.07, 6.45) is 4.82. The zero-order valence-electron chi connectivity index (χ0n) is 14.5. The van der Waals surface area contributed by atoms with Gasteiger partial charge in [0.15, 0.2) is 0 Å². The number of nitrogens with two attached hydrogens (primary N) is 1. The monoisotopic (exact) mass is 360 g/mol. The van der Waals surface area contributed by atoms with Crippen LogP contribution >= 0.6 is 0 Å². The predicted octanol–water partition coefficient (Wildman–Crippen LogP) is 2.41. The van der Waals surface area contributed by atoms with Crippen molar-refractivity contribution in [1.82, 2.24) is 9.55 Å². The number of hydrogen-bond donors (Lipinski definition) is 1. The lowest BCUT2D eigenvalue weighted by Gasteiger charge is -2.27. The van der Waals surface area contributed by atoms with Gasteiger partial charge in [-0.1, -0.05) is 6.07 Å². The van der Waals surface area contributed by atoms with E-state index in [1.165, 1.54) is 0 Å². The number of nitriles is 1. The van der Waals surface area contributed by atoms with Crippen LogP contribution in [0.2, 0.25) is 0 Å². The number of aromatic nitrogens is 2. The molecule has 4 rings (SSSR count). The summed E-state index contributed by atoms with van der Waals surface area (Å²) >= 11 is 0. The lowest BCUT2D eigenvalue weighted by atomic mass is 9.85. The SMILES string of the molecule is Cc1cc2c(c(=O)n1Cc1ccco1)[C@H](c1cccnc1)C(C#N)=C(N)O2. The van der Waals surface area contributed by atoms with Crippen molar-refractivity contribution in [3.05, 3.63) is 93.4 Å². The molecule has 1 atom stereocenters. The molecule has 0 radical (unpaired) electrons. The predicted molar refractivity (Wildman–Crippen MR) is 96.8 cm³/mol. The van der Waals surface area contributed by atoms with Crippen molar-refractivity contribution >= 4 is 0 Å². The second-order valence-corrected chi connectivity index (χ2v) is 6.25. The van der Waals surface area contributed by atoms with Gasteiger partial charge in [-0.05, 0) is 30.7 Å². The number of ether oxygens (including phenoxy) is 1. The number of hydrogen-bond acceptors (Lipinski definition) is 6. The molecule has 27 heavy (non-hydrogen) atoms. The van der Waals surface area contributed by atoms with Crippen LogP contribution in [0.15, 0.2) is 69.7 Å². The second-order valence-electron chi connectivity index (χ2n) is 6.25. The fourth-order valence-electron chi connectivity index (χ4n) is 3.32. The highest BCUT2D eigenvalue weighted by Gasteiger charge is 2.34. The summed E-state index contributed by atoms with van der Waals surface area (Å²) in [6.45, 7) is 2.10. The molecule has 0 fully saturated rings. The van der Waals surface area contributed by atoms with Gasteiger partial charge in [0.25, 0.3) is 5.56 Å². The Balaban J connectivity index is 1.95. The summed E-state index contributed by atoms with van der Waals surface area (Å²) < 4.78 is 12.6. The summed E-state index contributed by atoms with van der Waals surface area (Å²) in [6, 6.07) is 11.0. The zero-order chi connectivity index (χ0) is 19.0. The quantitative estimate of drug-likeness (QED) is 0.768. The number of furan rings is 1. The van der Waals surface area contributed by atoms with Gasteiger partial charge in [-0.2, -0.15) is 5.26 Å². The Labute approximate surface area is 154 Å². The van der Waals surface area contributed by atoms with Gasteiger partial charge in [-0.25, -0.2) is 0 Å². The first-order chi connectivity index (χ1) is 13.1. The molecule has 3 aromatic heterocycles. The standard InChI is InChI=1S/C20H16N4O3/c1-12-8-16-18(20(25)24(12)11-14-5-3-7-26-14)17(13-4-2-6-23-10-13)15(9-21)19(22)27-16/h2-8,10,17H,11,22H2,1H3/t17-/m1/s1. The lowest BCUT2D eigenvalue weighted by molar-refractivity contribution is 0.387. The highest BCUT2D eigenvalue weighted by Crippen LogP contribution is 2.40. The summed E-state index contributed by atoms with van der Waals surface area (Å²) in [4.78, 5) is 17.5. The summed E-state index contributed by atoms with van der Waals surface area (Å²) in [5.74, 6) is 0.383. The van der Waals surface area contributed by atoms with E-state index in [1.54, 1.807) is 47.5 Å². The topological polar surface area (TPSA) is 107 Å². The molecule has 2 N–H and O–H groups in total. The Kier molecular flexibility index (Phi) is 4.01. The zero-order valence-corrected chi connectivity index (χ0v) is 14.5. The molecule has 3 aromatic rings. The smallest absolute Gasteiger partial charge is 0.259 e. The van der Waals surface area contributed by atoms with E-state index in [-0.39, 0.29) is 23.6 Å². The maximum atomic E-state index is 13.4. The van der Waals surface area contributed by atoms with Crippen LogP contribution in [0.5, 0.6) is 5.75 Å². The summed E-state index contributed by atoms with van der Waals surface area (Å²) in [7, 11) is 0. The minimum absolute atomic E-state index is 0.00133. The number of fused-ring (bicyclic) bond motifs is 1. The van der Waals surface area contributed by atoms with E-state index in [2.05, 4.69) is 11.1 Å². The lowest BCUT2D eigenvalue weighted by Crippen LogP contribution is -2.33. The van der Waals surface area contributed by atoms with Crippen molar-refractivity contribution in [3.8, 4) is 11.8 Å². The summed E-state index contributed by atoms with van der Waals surface area (Å²) in [5, 5.41) is 9.63. The average Bonchev–Trinajstić information content (AvgIpc) is 3.18. The van der Waals surface area contributed by atoms with Gasteiger partial charge in [0.05, 0.1) is 24.3 Å². The molecule has 134 valence electrons. The molecule has 0 unspecified atom stereocenters. The molecule has 7 heteroatoms. The van der Waals surface area contributed by atoms with Gasteiger partial charge in [0.1, 0.15) is 23.2 Å². The fourth-order valence-corrected chi connectivity index (χ4v) is 3.32. The fraction of sp³-hybridized carbons (Fsp3) is 0.150. The van der Waals surface area contributed by atoms with Crippen LogP contribution in [0.4, 0.5) is 0 Å². The van der Waals surface area contributed by atoms with Crippen LogP contribution in [-0.4, -0.2) is 9.55 Å². The van der Waals surface area contributed by atoms with E-state index >= 15 is 0 Å². The Morgan fingerprint density at radius 3 is 2.89 bits per heavy atom. The third-order valence-electron chi connectivity index (χ3n) is 4.60. The Hall–Kier alpha value is -3.79. The largest absolute Gasteiger partial charge is 0.467 e. The van der Waals surface area contributed by atoms with Gasteiger partial charge < -0.3 is 19.5 Å². The molecule has 4 heterocycles. The number of aryl methyl sites for hydroxylation is 1. The summed E-state index contributed by atoms with van der Waals surface area (Å²) in [5.41, 5.74) is 7.68. The van der Waals surface area contributed by atoms with E-state index in [9.17, 15) is 10.1 Å². The molecule has 0 amide bonds. The van der Waals surface area contributed by atoms with E-state index in [4.69, 9.17) is 14.9 Å². The maximum absolute atomic E-state index is 13.4. The third-order valence-corrected chi connectivity index (χ3v) is 4.60. The van der Waals surface area contributed by atoms with Crippen molar-refractivity contribution in [2.24, 2.45) is 5.73 Å². The van der Waals surface area contributed by atoms with Gasteiger partial charge >= 0.3 is 0 Å². The molecule has 0 aliphatic carbocycles.